The van der Waals surface area contributed by atoms with Crippen molar-refractivity contribution >= 4 is 17.3 Å². The topological polar surface area (TPSA) is 35.2 Å². The van der Waals surface area contributed by atoms with Gasteiger partial charge in [0.1, 0.15) is 5.75 Å². The Hall–Kier alpha value is -1.95. The molecule has 0 unspecified atom stereocenters. The number of alkyl halides is 3. The van der Waals surface area contributed by atoms with Crippen LogP contribution in [0.15, 0.2) is 36.4 Å². The minimum Gasteiger partial charge on any atom is -0.406 e. The second-order valence-electron chi connectivity index (χ2n) is 3.90. The number of halogens is 5. The molecule has 20 heavy (non-hydrogen) atoms. The summed E-state index contributed by atoms with van der Waals surface area (Å²) in [5, 5.41) is -0.186. The van der Waals surface area contributed by atoms with E-state index in [1.54, 1.807) is 0 Å². The van der Waals surface area contributed by atoms with Crippen LogP contribution in [0.5, 0.6) is 5.75 Å². The van der Waals surface area contributed by atoms with Crippen LogP contribution in [0.2, 0.25) is 5.02 Å². The molecule has 2 aromatic carbocycles. The van der Waals surface area contributed by atoms with Gasteiger partial charge in [0.25, 0.3) is 0 Å². The molecule has 0 saturated heterocycles. The second-order valence-corrected chi connectivity index (χ2v) is 4.28. The molecule has 0 aliphatic carbocycles. The Morgan fingerprint density at radius 1 is 1.00 bits per heavy atom. The predicted octanol–water partition coefficient (Wildman–Crippen LogP) is 4.63. The summed E-state index contributed by atoms with van der Waals surface area (Å²) in [5.74, 6) is -1.13. The van der Waals surface area contributed by atoms with Gasteiger partial charge in [-0.25, -0.2) is 4.39 Å². The van der Waals surface area contributed by atoms with Crippen molar-refractivity contribution in [1.82, 2.24) is 0 Å². The molecule has 0 aromatic heterocycles. The number of hydrogen-bond acceptors (Lipinski definition) is 2. The van der Waals surface area contributed by atoms with Crippen molar-refractivity contribution in [1.29, 1.82) is 0 Å². The number of rotatable bonds is 2. The first kappa shape index (κ1) is 14.5. The third-order valence-corrected chi connectivity index (χ3v) is 2.88. The van der Waals surface area contributed by atoms with Crippen molar-refractivity contribution in [2.24, 2.45) is 0 Å². The lowest BCUT2D eigenvalue weighted by Gasteiger charge is -2.10. The van der Waals surface area contributed by atoms with Crippen LogP contribution in [0.4, 0.5) is 23.2 Å². The summed E-state index contributed by atoms with van der Waals surface area (Å²) < 4.78 is 53.3. The first-order chi connectivity index (χ1) is 9.28. The minimum absolute atomic E-state index is 0.101. The molecular formula is C13H8ClF4NO. The van der Waals surface area contributed by atoms with Crippen molar-refractivity contribution in [3.05, 3.63) is 47.2 Å². The van der Waals surface area contributed by atoms with Crippen molar-refractivity contribution in [3.8, 4) is 16.9 Å². The number of benzene rings is 2. The molecule has 0 aliphatic heterocycles. The lowest BCUT2D eigenvalue weighted by molar-refractivity contribution is -0.274. The normalized spacial score (nSPS) is 11.4. The molecule has 0 aliphatic rings. The maximum absolute atomic E-state index is 13.5. The van der Waals surface area contributed by atoms with E-state index in [4.69, 9.17) is 17.3 Å². The number of hydrogen-bond donors (Lipinski definition) is 1. The highest BCUT2D eigenvalue weighted by atomic mass is 35.5. The van der Waals surface area contributed by atoms with Crippen molar-refractivity contribution < 1.29 is 22.3 Å². The van der Waals surface area contributed by atoms with Crippen molar-refractivity contribution in [2.75, 3.05) is 5.73 Å². The van der Waals surface area contributed by atoms with Gasteiger partial charge in [0.2, 0.25) is 0 Å². The van der Waals surface area contributed by atoms with Gasteiger partial charge < -0.3 is 10.5 Å². The summed E-state index contributed by atoms with van der Waals surface area (Å²) in [6.45, 7) is 0. The lowest BCUT2D eigenvalue weighted by atomic mass is 10.0. The number of ether oxygens (including phenoxy) is 1. The Bertz CT molecular complexity index is 626. The Labute approximate surface area is 116 Å². The molecule has 0 atom stereocenters. The second kappa shape index (κ2) is 5.20. The van der Waals surface area contributed by atoms with E-state index < -0.39 is 12.2 Å². The highest BCUT2D eigenvalue weighted by Crippen LogP contribution is 2.34. The minimum atomic E-state index is -4.76. The maximum atomic E-state index is 13.5. The van der Waals surface area contributed by atoms with Crippen molar-refractivity contribution in [2.45, 2.75) is 6.36 Å². The van der Waals surface area contributed by atoms with Gasteiger partial charge in [-0.1, -0.05) is 29.8 Å². The summed E-state index contributed by atoms with van der Waals surface area (Å²) in [6.07, 6.45) is -4.76. The molecule has 2 rings (SSSR count). The summed E-state index contributed by atoms with van der Waals surface area (Å²) in [7, 11) is 0. The molecular weight excluding hydrogens is 298 g/mol. The lowest BCUT2D eigenvalue weighted by Crippen LogP contribution is -2.16. The fraction of sp³-hybridized carbons (Fsp3) is 0.0769. The molecule has 2 aromatic rings. The average molecular weight is 306 g/mol. The quantitative estimate of drug-likeness (QED) is 0.648. The van der Waals surface area contributed by atoms with Crippen molar-refractivity contribution in [3.63, 3.8) is 0 Å². The van der Waals surface area contributed by atoms with Gasteiger partial charge in [0, 0.05) is 5.56 Å². The SMILES string of the molecule is Nc1ccc(-c2ccc(OC(F)(F)F)cc2)c(Cl)c1F. The first-order valence-electron chi connectivity index (χ1n) is 5.37. The van der Waals surface area contributed by atoms with Crippen LogP contribution in [0.1, 0.15) is 0 Å². The molecule has 2 N–H and O–H groups in total. The Morgan fingerprint density at radius 3 is 2.15 bits per heavy atom. The largest absolute Gasteiger partial charge is 0.573 e. The molecule has 2 nitrogen and oxygen atoms in total. The molecule has 7 heteroatoms. The number of anilines is 1. The van der Waals surface area contributed by atoms with Gasteiger partial charge in [-0.3, -0.25) is 0 Å². The van der Waals surface area contributed by atoms with E-state index in [1.165, 1.54) is 24.3 Å². The maximum Gasteiger partial charge on any atom is 0.573 e. The van der Waals surface area contributed by atoms with Crippen LogP contribution in [0, 0.1) is 5.82 Å². The van der Waals surface area contributed by atoms with Gasteiger partial charge in [-0.05, 0) is 23.8 Å². The summed E-state index contributed by atoms with van der Waals surface area (Å²) in [6, 6.07) is 7.74. The zero-order valence-electron chi connectivity index (χ0n) is 9.84. The van der Waals surface area contributed by atoms with Crippen LogP contribution in [-0.2, 0) is 0 Å². The van der Waals surface area contributed by atoms with E-state index >= 15 is 0 Å². The Morgan fingerprint density at radius 2 is 1.60 bits per heavy atom. The molecule has 0 fully saturated rings. The fourth-order valence-corrected chi connectivity index (χ4v) is 1.90. The predicted molar refractivity (Wildman–Crippen MR) is 67.9 cm³/mol. The molecule has 0 spiro atoms. The summed E-state index contributed by atoms with van der Waals surface area (Å²) >= 11 is 5.81. The standard InChI is InChI=1S/C13H8ClF4NO/c14-11-9(5-6-10(19)12(11)15)7-1-3-8(4-2-7)20-13(16,17)18/h1-6H,19H2. The Balaban J connectivity index is 2.33. The van der Waals surface area contributed by atoms with E-state index in [9.17, 15) is 17.6 Å². The van der Waals surface area contributed by atoms with Gasteiger partial charge in [-0.15, -0.1) is 13.2 Å². The number of nitrogens with two attached hydrogens (primary N) is 1. The first-order valence-corrected chi connectivity index (χ1v) is 5.75. The zero-order valence-corrected chi connectivity index (χ0v) is 10.6. The zero-order chi connectivity index (χ0) is 14.9. The third-order valence-electron chi connectivity index (χ3n) is 2.51. The fourth-order valence-electron chi connectivity index (χ4n) is 1.62. The monoisotopic (exact) mass is 305 g/mol. The van der Waals surface area contributed by atoms with Crippen LogP contribution >= 0.6 is 11.6 Å². The summed E-state index contributed by atoms with van der Waals surface area (Å²) in [5.41, 5.74) is 6.03. The molecule has 0 saturated carbocycles. The molecule has 0 amide bonds. The van der Waals surface area contributed by atoms with Crippen LogP contribution in [0.3, 0.4) is 0 Å². The van der Waals surface area contributed by atoms with E-state index in [0.29, 0.717) is 11.1 Å². The van der Waals surface area contributed by atoms with Gasteiger partial charge in [0.05, 0.1) is 10.7 Å². The van der Waals surface area contributed by atoms with Gasteiger partial charge >= 0.3 is 6.36 Å². The third kappa shape index (κ3) is 3.14. The molecule has 106 valence electrons. The number of nitrogen functional groups attached to an aromatic ring is 1. The summed E-state index contributed by atoms with van der Waals surface area (Å²) in [4.78, 5) is 0. The highest BCUT2D eigenvalue weighted by Gasteiger charge is 2.31. The van der Waals surface area contributed by atoms with E-state index in [-0.39, 0.29) is 16.5 Å². The van der Waals surface area contributed by atoms with Gasteiger partial charge in [-0.2, -0.15) is 0 Å². The van der Waals surface area contributed by atoms with Gasteiger partial charge in [0.15, 0.2) is 5.82 Å². The van der Waals surface area contributed by atoms with E-state index in [1.807, 2.05) is 0 Å². The average Bonchev–Trinajstić information content (AvgIpc) is 2.36. The van der Waals surface area contributed by atoms with Crippen LogP contribution in [-0.4, -0.2) is 6.36 Å². The molecule has 0 heterocycles. The highest BCUT2D eigenvalue weighted by molar-refractivity contribution is 6.33. The van der Waals surface area contributed by atoms with Crippen LogP contribution in [0.25, 0.3) is 11.1 Å². The van der Waals surface area contributed by atoms with E-state index in [0.717, 1.165) is 12.1 Å². The molecule has 0 radical (unpaired) electrons. The van der Waals surface area contributed by atoms with E-state index in [2.05, 4.69) is 4.74 Å². The smallest absolute Gasteiger partial charge is 0.406 e. The Kier molecular flexibility index (Phi) is 3.76. The van der Waals surface area contributed by atoms with Crippen LogP contribution < -0.4 is 10.5 Å². The molecule has 0 bridgehead atoms.